The Labute approximate surface area is 164 Å². The van der Waals surface area contributed by atoms with E-state index in [9.17, 15) is 9.18 Å². The molecule has 1 N–H and O–H groups in total. The molecule has 1 aromatic carbocycles. The average molecular weight is 386 g/mol. The van der Waals surface area contributed by atoms with Crippen molar-refractivity contribution in [3.05, 3.63) is 41.8 Å². The highest BCUT2D eigenvalue weighted by atomic mass is 19.1. The number of amides is 1. The molecule has 2 saturated carbocycles. The van der Waals surface area contributed by atoms with E-state index in [1.165, 1.54) is 6.07 Å². The van der Waals surface area contributed by atoms with Crippen molar-refractivity contribution >= 4 is 16.8 Å². The maximum Gasteiger partial charge on any atom is 0.223 e. The number of rotatable bonds is 3. The molecular formula is C23H28F2N2O. The van der Waals surface area contributed by atoms with Gasteiger partial charge >= 0.3 is 0 Å². The Morgan fingerprint density at radius 2 is 1.89 bits per heavy atom. The van der Waals surface area contributed by atoms with Gasteiger partial charge in [-0.1, -0.05) is 0 Å². The van der Waals surface area contributed by atoms with Crippen LogP contribution >= 0.6 is 0 Å². The highest BCUT2D eigenvalue weighted by Crippen LogP contribution is 2.56. The van der Waals surface area contributed by atoms with E-state index < -0.39 is 5.67 Å². The molecule has 2 fully saturated rings. The molecule has 1 heterocycles. The van der Waals surface area contributed by atoms with Crippen LogP contribution in [0.1, 0.15) is 64.4 Å². The van der Waals surface area contributed by atoms with E-state index >= 15 is 4.39 Å². The van der Waals surface area contributed by atoms with Crippen molar-refractivity contribution < 1.29 is 13.6 Å². The molecular weight excluding hydrogens is 358 g/mol. The third-order valence-electron chi connectivity index (χ3n) is 6.27. The monoisotopic (exact) mass is 386 g/mol. The smallest absolute Gasteiger partial charge is 0.223 e. The number of aromatic nitrogens is 1. The zero-order chi connectivity index (χ0) is 20.1. The molecule has 4 atom stereocenters. The molecule has 0 bridgehead atoms. The van der Waals surface area contributed by atoms with Crippen LogP contribution in [0.15, 0.2) is 30.5 Å². The highest BCUT2D eigenvalue weighted by Gasteiger charge is 2.51. The SMILES string of the molecule is CC(C)(C)NC(=O)CC1(F)C[C@H]2C[C@@H](c3ccnc4ccc(F)cc34)C[C@H]2C1. The van der Waals surface area contributed by atoms with Gasteiger partial charge < -0.3 is 5.32 Å². The van der Waals surface area contributed by atoms with Gasteiger partial charge in [-0.3, -0.25) is 9.78 Å². The summed E-state index contributed by atoms with van der Waals surface area (Å²) in [7, 11) is 0. The van der Waals surface area contributed by atoms with Crippen LogP contribution in [0.2, 0.25) is 0 Å². The third-order valence-corrected chi connectivity index (χ3v) is 6.27. The predicted molar refractivity (Wildman–Crippen MR) is 106 cm³/mol. The number of halogens is 2. The minimum absolute atomic E-state index is 0.0503. The second kappa shape index (κ2) is 6.78. The standard InChI is InChI=1S/C23H28F2N2O/c1-22(2,3)27-21(28)13-23(25)11-15-8-14(9-16(15)12-23)18-6-7-26-20-5-4-17(24)10-19(18)20/h4-7,10,14-16H,8-9,11-13H2,1-3H3,(H,27,28)/t14-,15-,16+,23?. The van der Waals surface area contributed by atoms with Crippen LogP contribution in [0.3, 0.4) is 0 Å². The Balaban J connectivity index is 1.46. The maximum atomic E-state index is 15.4. The molecule has 28 heavy (non-hydrogen) atoms. The lowest BCUT2D eigenvalue weighted by atomic mass is 9.88. The molecule has 1 unspecified atom stereocenters. The van der Waals surface area contributed by atoms with Gasteiger partial charge in [0, 0.05) is 17.1 Å². The number of fused-ring (bicyclic) bond motifs is 2. The van der Waals surface area contributed by atoms with Crippen molar-refractivity contribution in [3.63, 3.8) is 0 Å². The summed E-state index contributed by atoms with van der Waals surface area (Å²) < 4.78 is 29.1. The number of carbonyl (C=O) groups is 1. The summed E-state index contributed by atoms with van der Waals surface area (Å²) in [5.74, 6) is 0.411. The van der Waals surface area contributed by atoms with E-state index in [1.807, 2.05) is 26.8 Å². The number of alkyl halides is 1. The lowest BCUT2D eigenvalue weighted by molar-refractivity contribution is -0.125. The Morgan fingerprint density at radius 1 is 1.21 bits per heavy atom. The second-order valence-corrected chi connectivity index (χ2v) is 9.78. The molecule has 0 aliphatic heterocycles. The minimum atomic E-state index is -1.40. The first kappa shape index (κ1) is 19.3. The van der Waals surface area contributed by atoms with E-state index in [-0.39, 0.29) is 35.5 Å². The summed E-state index contributed by atoms with van der Waals surface area (Å²) in [5.41, 5.74) is 0.177. The summed E-state index contributed by atoms with van der Waals surface area (Å²) in [4.78, 5) is 16.6. The van der Waals surface area contributed by atoms with Crippen LogP contribution in [-0.4, -0.2) is 22.1 Å². The normalized spacial score (nSPS) is 29.8. The molecule has 1 aromatic heterocycles. The van der Waals surface area contributed by atoms with Crippen LogP contribution < -0.4 is 5.32 Å². The van der Waals surface area contributed by atoms with Crippen molar-refractivity contribution in [2.24, 2.45) is 11.8 Å². The van der Waals surface area contributed by atoms with Crippen molar-refractivity contribution in [3.8, 4) is 0 Å². The molecule has 150 valence electrons. The van der Waals surface area contributed by atoms with Crippen LogP contribution in [0, 0.1) is 17.7 Å². The van der Waals surface area contributed by atoms with Gasteiger partial charge in [0.1, 0.15) is 11.5 Å². The quantitative estimate of drug-likeness (QED) is 0.779. The Hall–Kier alpha value is -2.04. The van der Waals surface area contributed by atoms with E-state index in [0.29, 0.717) is 18.8 Å². The molecule has 0 saturated heterocycles. The number of benzene rings is 1. The van der Waals surface area contributed by atoms with Gasteiger partial charge in [-0.25, -0.2) is 8.78 Å². The number of hydrogen-bond acceptors (Lipinski definition) is 2. The van der Waals surface area contributed by atoms with Crippen LogP contribution in [0.25, 0.3) is 10.9 Å². The van der Waals surface area contributed by atoms with Crippen molar-refractivity contribution in [1.82, 2.24) is 10.3 Å². The molecule has 2 aliphatic carbocycles. The molecule has 2 aliphatic rings. The number of pyridine rings is 1. The zero-order valence-corrected chi connectivity index (χ0v) is 16.8. The van der Waals surface area contributed by atoms with E-state index in [2.05, 4.69) is 10.3 Å². The minimum Gasteiger partial charge on any atom is -0.351 e. The van der Waals surface area contributed by atoms with E-state index in [4.69, 9.17) is 0 Å². The highest BCUT2D eigenvalue weighted by molar-refractivity contribution is 5.82. The summed E-state index contributed by atoms with van der Waals surface area (Å²) >= 11 is 0. The van der Waals surface area contributed by atoms with Gasteiger partial charge in [-0.05, 0) is 94.0 Å². The zero-order valence-electron chi connectivity index (χ0n) is 16.8. The van der Waals surface area contributed by atoms with Crippen LogP contribution in [0.4, 0.5) is 8.78 Å². The first-order valence-electron chi connectivity index (χ1n) is 10.2. The number of hydrogen-bond donors (Lipinski definition) is 1. The van der Waals surface area contributed by atoms with E-state index in [0.717, 1.165) is 29.3 Å². The molecule has 4 rings (SSSR count). The Morgan fingerprint density at radius 3 is 2.54 bits per heavy atom. The van der Waals surface area contributed by atoms with Crippen molar-refractivity contribution in [1.29, 1.82) is 0 Å². The summed E-state index contributed by atoms with van der Waals surface area (Å²) in [5, 5.41) is 3.74. The fourth-order valence-corrected chi connectivity index (χ4v) is 5.38. The number of nitrogens with one attached hydrogen (secondary N) is 1. The molecule has 2 aromatic rings. The van der Waals surface area contributed by atoms with Crippen molar-refractivity contribution in [2.75, 3.05) is 0 Å². The van der Waals surface area contributed by atoms with Gasteiger partial charge in [0.15, 0.2) is 0 Å². The van der Waals surface area contributed by atoms with Gasteiger partial charge in [0.05, 0.1) is 11.9 Å². The number of nitrogens with zero attached hydrogens (tertiary/aromatic N) is 1. The molecule has 3 nitrogen and oxygen atoms in total. The Bertz CT molecular complexity index is 891. The van der Waals surface area contributed by atoms with Gasteiger partial charge in [-0.2, -0.15) is 0 Å². The van der Waals surface area contributed by atoms with Gasteiger partial charge in [0.25, 0.3) is 0 Å². The Kier molecular flexibility index (Phi) is 4.67. The fraction of sp³-hybridized carbons (Fsp3) is 0.565. The van der Waals surface area contributed by atoms with Crippen LogP contribution in [0.5, 0.6) is 0 Å². The lowest BCUT2D eigenvalue weighted by Crippen LogP contribution is -2.43. The average Bonchev–Trinajstić information content (AvgIpc) is 3.06. The van der Waals surface area contributed by atoms with Crippen LogP contribution in [-0.2, 0) is 4.79 Å². The molecule has 0 spiro atoms. The maximum absolute atomic E-state index is 15.4. The largest absolute Gasteiger partial charge is 0.351 e. The number of carbonyl (C=O) groups excluding carboxylic acids is 1. The summed E-state index contributed by atoms with van der Waals surface area (Å²) in [6.45, 7) is 5.73. The predicted octanol–water partition coefficient (Wildman–Crippen LogP) is 5.29. The van der Waals surface area contributed by atoms with Gasteiger partial charge in [-0.15, -0.1) is 0 Å². The lowest BCUT2D eigenvalue weighted by Gasteiger charge is -2.25. The second-order valence-electron chi connectivity index (χ2n) is 9.78. The molecule has 5 heteroatoms. The molecule has 1 amide bonds. The summed E-state index contributed by atoms with van der Waals surface area (Å²) in [6, 6.07) is 6.68. The van der Waals surface area contributed by atoms with Gasteiger partial charge in [0.2, 0.25) is 5.91 Å². The first-order valence-corrected chi connectivity index (χ1v) is 10.2. The molecule has 0 radical (unpaired) electrons. The van der Waals surface area contributed by atoms with E-state index in [1.54, 1.807) is 18.3 Å². The first-order chi connectivity index (χ1) is 13.1. The fourth-order valence-electron chi connectivity index (χ4n) is 5.38. The topological polar surface area (TPSA) is 42.0 Å². The summed E-state index contributed by atoms with van der Waals surface area (Å²) in [6.07, 6.45) is 4.41. The third kappa shape index (κ3) is 3.89. The van der Waals surface area contributed by atoms with Crippen molar-refractivity contribution in [2.45, 2.75) is 70.0 Å².